The van der Waals surface area contributed by atoms with Gasteiger partial charge in [-0.05, 0) is 73.3 Å². The van der Waals surface area contributed by atoms with Crippen molar-refractivity contribution in [2.45, 2.75) is 109 Å². The summed E-state index contributed by atoms with van der Waals surface area (Å²) in [4.78, 5) is 22.0. The maximum Gasteiger partial charge on any atom is 0.410 e. The third-order valence-electron chi connectivity index (χ3n) is 6.69. The van der Waals surface area contributed by atoms with Crippen molar-refractivity contribution in [3.8, 4) is 0 Å². The number of piperidine rings is 1. The van der Waals surface area contributed by atoms with E-state index < -0.39 is 5.60 Å². The normalized spacial score (nSPS) is 27.6. The van der Waals surface area contributed by atoms with Gasteiger partial charge in [-0.3, -0.25) is 4.99 Å². The summed E-state index contributed by atoms with van der Waals surface area (Å²) in [7, 11) is 2.23. The van der Waals surface area contributed by atoms with Crippen molar-refractivity contribution < 1.29 is 9.53 Å². The monoisotopic (exact) mass is 421 g/mol. The number of rotatable bonds is 6. The van der Waals surface area contributed by atoms with E-state index >= 15 is 0 Å². The number of nitrogens with zero attached hydrogens (tertiary/aromatic N) is 3. The van der Waals surface area contributed by atoms with Gasteiger partial charge in [0.25, 0.3) is 0 Å². The van der Waals surface area contributed by atoms with Crippen LogP contribution in [0.3, 0.4) is 0 Å². The lowest BCUT2D eigenvalue weighted by Crippen LogP contribution is -2.55. The molecule has 2 N–H and O–H groups in total. The van der Waals surface area contributed by atoms with Gasteiger partial charge >= 0.3 is 6.09 Å². The second-order valence-electron chi connectivity index (χ2n) is 10.3. The lowest BCUT2D eigenvalue weighted by Gasteiger charge is -2.40. The van der Waals surface area contributed by atoms with E-state index in [2.05, 4.69) is 29.5 Å². The van der Waals surface area contributed by atoms with Crippen LogP contribution in [0, 0.1) is 0 Å². The molecule has 0 aromatic carbocycles. The summed E-state index contributed by atoms with van der Waals surface area (Å²) in [5, 5.41) is 7.05. The molecule has 30 heavy (non-hydrogen) atoms. The van der Waals surface area contributed by atoms with Crippen molar-refractivity contribution in [1.29, 1.82) is 0 Å². The van der Waals surface area contributed by atoms with E-state index in [1.807, 2.05) is 25.7 Å². The van der Waals surface area contributed by atoms with Gasteiger partial charge in [-0.2, -0.15) is 0 Å². The van der Waals surface area contributed by atoms with E-state index in [4.69, 9.17) is 9.73 Å². The Hall–Kier alpha value is -1.50. The summed E-state index contributed by atoms with van der Waals surface area (Å²) in [5.74, 6) is 0.910. The quantitative estimate of drug-likeness (QED) is 0.508. The highest BCUT2D eigenvalue weighted by molar-refractivity contribution is 5.80. The Morgan fingerprint density at radius 2 is 1.77 bits per heavy atom. The zero-order valence-corrected chi connectivity index (χ0v) is 19.7. The molecule has 2 bridgehead atoms. The molecular formula is C23H43N5O2. The Labute approximate surface area is 183 Å². The highest BCUT2D eigenvalue weighted by Crippen LogP contribution is 2.36. The molecule has 3 rings (SSSR count). The first kappa shape index (κ1) is 23.2. The molecule has 0 radical (unpaired) electrons. The number of ether oxygens (including phenoxy) is 1. The molecule has 2 aliphatic heterocycles. The molecular weight excluding hydrogens is 378 g/mol. The lowest BCUT2D eigenvalue weighted by atomic mass is 9.98. The second kappa shape index (κ2) is 10.2. The average molecular weight is 422 g/mol. The second-order valence-corrected chi connectivity index (χ2v) is 10.3. The van der Waals surface area contributed by atoms with Crippen LogP contribution in [0.4, 0.5) is 4.79 Å². The number of likely N-dealkylation sites (N-methyl/N-ethyl adjacent to an activating group) is 1. The zero-order valence-electron chi connectivity index (χ0n) is 19.7. The summed E-state index contributed by atoms with van der Waals surface area (Å²) >= 11 is 0. The van der Waals surface area contributed by atoms with Crippen molar-refractivity contribution >= 4 is 12.1 Å². The Morgan fingerprint density at radius 1 is 1.13 bits per heavy atom. The SMILES string of the molecule is CCNC(=NCCN(C)C1CCCC1)NC1CC2CCC(C1)N2C(=O)OC(C)(C)C. The molecule has 2 unspecified atom stereocenters. The lowest BCUT2D eigenvalue weighted by molar-refractivity contribution is 0.00545. The molecule has 2 atom stereocenters. The predicted octanol–water partition coefficient (Wildman–Crippen LogP) is 3.35. The van der Waals surface area contributed by atoms with Crippen LogP contribution in [0.25, 0.3) is 0 Å². The van der Waals surface area contributed by atoms with Crippen LogP contribution >= 0.6 is 0 Å². The topological polar surface area (TPSA) is 69.2 Å². The van der Waals surface area contributed by atoms with E-state index in [0.717, 1.165) is 57.3 Å². The van der Waals surface area contributed by atoms with E-state index in [-0.39, 0.29) is 18.2 Å². The van der Waals surface area contributed by atoms with Gasteiger partial charge in [-0.1, -0.05) is 12.8 Å². The molecule has 7 heteroatoms. The molecule has 0 aromatic rings. The number of carbonyl (C=O) groups excluding carboxylic acids is 1. The molecule has 1 aliphatic carbocycles. The van der Waals surface area contributed by atoms with Crippen LogP contribution in [0.2, 0.25) is 0 Å². The number of carbonyl (C=O) groups is 1. The van der Waals surface area contributed by atoms with Crippen molar-refractivity contribution in [3.63, 3.8) is 0 Å². The maximum absolute atomic E-state index is 12.7. The molecule has 172 valence electrons. The highest BCUT2D eigenvalue weighted by Gasteiger charge is 2.45. The van der Waals surface area contributed by atoms with E-state index in [1.54, 1.807) is 0 Å². The van der Waals surface area contributed by atoms with Gasteiger partial charge in [-0.15, -0.1) is 0 Å². The number of nitrogens with one attached hydrogen (secondary N) is 2. The minimum atomic E-state index is -0.442. The van der Waals surface area contributed by atoms with Crippen LogP contribution in [0.15, 0.2) is 4.99 Å². The number of fused-ring (bicyclic) bond motifs is 2. The fourth-order valence-corrected chi connectivity index (χ4v) is 5.27. The number of hydrogen-bond donors (Lipinski definition) is 2. The van der Waals surface area contributed by atoms with E-state index in [1.165, 1.54) is 25.7 Å². The van der Waals surface area contributed by atoms with Crippen LogP contribution < -0.4 is 10.6 Å². The molecule has 1 saturated carbocycles. The third kappa shape index (κ3) is 6.25. The van der Waals surface area contributed by atoms with E-state index in [9.17, 15) is 4.79 Å². The number of aliphatic imine (C=N–C) groups is 1. The van der Waals surface area contributed by atoms with Crippen LogP contribution in [0.1, 0.15) is 79.1 Å². The van der Waals surface area contributed by atoms with Gasteiger partial charge in [-0.25, -0.2) is 4.79 Å². The fraction of sp³-hybridized carbons (Fsp3) is 0.913. The Bertz CT molecular complexity index is 583. The van der Waals surface area contributed by atoms with Crippen molar-refractivity contribution in [1.82, 2.24) is 20.4 Å². The van der Waals surface area contributed by atoms with E-state index in [0.29, 0.717) is 6.04 Å². The molecule has 3 fully saturated rings. The summed E-state index contributed by atoms with van der Waals surface area (Å²) < 4.78 is 5.66. The van der Waals surface area contributed by atoms with Crippen molar-refractivity contribution in [3.05, 3.63) is 0 Å². The predicted molar refractivity (Wildman–Crippen MR) is 122 cm³/mol. The van der Waals surface area contributed by atoms with Crippen LogP contribution in [0.5, 0.6) is 0 Å². The van der Waals surface area contributed by atoms with Gasteiger partial charge in [0, 0.05) is 37.3 Å². The zero-order chi connectivity index (χ0) is 21.7. The molecule has 3 aliphatic rings. The first-order chi connectivity index (χ1) is 14.3. The molecule has 2 saturated heterocycles. The smallest absolute Gasteiger partial charge is 0.410 e. The third-order valence-corrected chi connectivity index (χ3v) is 6.69. The summed E-state index contributed by atoms with van der Waals surface area (Å²) in [6.45, 7) is 10.6. The molecule has 2 heterocycles. The summed E-state index contributed by atoms with van der Waals surface area (Å²) in [5.41, 5.74) is -0.442. The average Bonchev–Trinajstić information content (AvgIpc) is 3.27. The standard InChI is InChI=1S/C23H43N5O2/c1-6-24-21(25-13-14-27(5)18-9-7-8-10-18)26-17-15-19-11-12-20(16-17)28(19)22(29)30-23(2,3)4/h17-20H,6-16H2,1-5H3,(H2,24,25,26). The van der Waals surface area contributed by atoms with Crippen LogP contribution in [-0.2, 0) is 4.74 Å². The Balaban J connectivity index is 1.51. The maximum atomic E-state index is 12.7. The van der Waals surface area contributed by atoms with Gasteiger partial charge in [0.05, 0.1) is 6.54 Å². The number of guanidine groups is 1. The summed E-state index contributed by atoms with van der Waals surface area (Å²) in [6.07, 6.45) is 9.31. The Kier molecular flexibility index (Phi) is 7.88. The molecule has 0 spiro atoms. The number of hydrogen-bond acceptors (Lipinski definition) is 4. The Morgan fingerprint density at radius 3 is 2.33 bits per heavy atom. The largest absolute Gasteiger partial charge is 0.444 e. The van der Waals surface area contributed by atoms with Crippen molar-refractivity contribution in [2.24, 2.45) is 4.99 Å². The van der Waals surface area contributed by atoms with Gasteiger partial charge in [0.1, 0.15) is 5.60 Å². The van der Waals surface area contributed by atoms with Crippen LogP contribution in [-0.4, -0.2) is 78.3 Å². The highest BCUT2D eigenvalue weighted by atomic mass is 16.6. The summed E-state index contributed by atoms with van der Waals surface area (Å²) in [6, 6.07) is 1.63. The first-order valence-corrected chi connectivity index (χ1v) is 12.0. The van der Waals surface area contributed by atoms with Gasteiger partial charge in [0.2, 0.25) is 0 Å². The fourth-order valence-electron chi connectivity index (χ4n) is 5.27. The minimum absolute atomic E-state index is 0.149. The minimum Gasteiger partial charge on any atom is -0.444 e. The molecule has 7 nitrogen and oxygen atoms in total. The number of amides is 1. The first-order valence-electron chi connectivity index (χ1n) is 12.0. The molecule has 0 aromatic heterocycles. The van der Waals surface area contributed by atoms with Crippen molar-refractivity contribution in [2.75, 3.05) is 26.7 Å². The molecule has 1 amide bonds. The van der Waals surface area contributed by atoms with Gasteiger partial charge < -0.3 is 25.2 Å². The van der Waals surface area contributed by atoms with Gasteiger partial charge in [0.15, 0.2) is 5.96 Å².